The minimum Gasteiger partial charge on any atom is -0.348 e. The Bertz CT molecular complexity index is 930. The van der Waals surface area contributed by atoms with Gasteiger partial charge in [-0.3, -0.25) is 9.78 Å². The van der Waals surface area contributed by atoms with Crippen molar-refractivity contribution in [3.05, 3.63) is 76.5 Å². The smallest absolute Gasteiger partial charge is 0.253 e. The Morgan fingerprint density at radius 1 is 1.00 bits per heavy atom. The van der Waals surface area contributed by atoms with E-state index in [1.807, 2.05) is 32.0 Å². The highest BCUT2D eigenvalue weighted by molar-refractivity contribution is 5.98. The summed E-state index contributed by atoms with van der Waals surface area (Å²) >= 11 is 0. The normalized spacial score (nSPS) is 11.1. The van der Waals surface area contributed by atoms with Crippen LogP contribution in [0.1, 0.15) is 32.7 Å². The summed E-state index contributed by atoms with van der Waals surface area (Å²) in [6.07, 6.45) is 0. The highest BCUT2D eigenvalue weighted by atomic mass is 16.1. The second-order valence-corrected chi connectivity index (χ2v) is 7.05. The minimum atomic E-state index is -0.0872. The van der Waals surface area contributed by atoms with Crippen molar-refractivity contribution in [1.82, 2.24) is 15.2 Å². The lowest BCUT2D eigenvalue weighted by Gasteiger charge is -2.11. The van der Waals surface area contributed by atoms with E-state index < -0.39 is 0 Å². The van der Waals surface area contributed by atoms with Gasteiger partial charge in [-0.2, -0.15) is 0 Å². The fraction of sp³-hybridized carbons (Fsp3) is 0.273. The number of fused-ring (bicyclic) bond motifs is 1. The third kappa shape index (κ3) is 4.27. The summed E-state index contributed by atoms with van der Waals surface area (Å²) in [5.74, 6) is -0.0872. The first-order valence-corrected chi connectivity index (χ1v) is 8.81. The van der Waals surface area contributed by atoms with E-state index in [-0.39, 0.29) is 5.91 Å². The fourth-order valence-electron chi connectivity index (χ4n) is 3.03. The van der Waals surface area contributed by atoms with Crippen LogP contribution in [0.25, 0.3) is 10.9 Å². The summed E-state index contributed by atoms with van der Waals surface area (Å²) in [5, 5.41) is 4.00. The predicted molar refractivity (Wildman–Crippen MR) is 106 cm³/mol. The standard InChI is InChI=1S/C22H25N3O/c1-15-5-10-21-19(11-15)12-20(16(2)24-21)22(26)23-13-17-6-8-18(9-7-17)14-25(3)4/h5-12H,13-14H2,1-4H3,(H,23,26). The molecule has 134 valence electrons. The van der Waals surface area contributed by atoms with Gasteiger partial charge in [-0.25, -0.2) is 0 Å². The fourth-order valence-corrected chi connectivity index (χ4v) is 3.03. The number of rotatable bonds is 5. The zero-order chi connectivity index (χ0) is 18.7. The number of pyridine rings is 1. The van der Waals surface area contributed by atoms with E-state index in [2.05, 4.69) is 59.6 Å². The molecule has 2 aromatic carbocycles. The quantitative estimate of drug-likeness (QED) is 0.763. The molecule has 0 saturated carbocycles. The molecule has 1 amide bonds. The van der Waals surface area contributed by atoms with Crippen molar-refractivity contribution in [2.75, 3.05) is 14.1 Å². The molecule has 1 heterocycles. The van der Waals surface area contributed by atoms with Gasteiger partial charge in [-0.05, 0) is 57.3 Å². The molecule has 0 aliphatic carbocycles. The number of carbonyl (C=O) groups is 1. The molecule has 0 aliphatic rings. The molecule has 0 bridgehead atoms. The Morgan fingerprint density at radius 3 is 2.38 bits per heavy atom. The van der Waals surface area contributed by atoms with E-state index in [9.17, 15) is 4.79 Å². The number of hydrogen-bond donors (Lipinski definition) is 1. The number of aromatic nitrogens is 1. The van der Waals surface area contributed by atoms with Crippen molar-refractivity contribution in [3.8, 4) is 0 Å². The van der Waals surface area contributed by atoms with Gasteiger partial charge in [-0.1, -0.05) is 35.9 Å². The zero-order valence-electron chi connectivity index (χ0n) is 15.8. The number of amides is 1. The molecule has 26 heavy (non-hydrogen) atoms. The van der Waals surface area contributed by atoms with Crippen LogP contribution in [0, 0.1) is 13.8 Å². The van der Waals surface area contributed by atoms with Gasteiger partial charge in [0.1, 0.15) is 0 Å². The van der Waals surface area contributed by atoms with Crippen molar-refractivity contribution in [2.24, 2.45) is 0 Å². The SMILES string of the molecule is Cc1ccc2nc(C)c(C(=O)NCc3ccc(CN(C)C)cc3)cc2c1. The van der Waals surface area contributed by atoms with Gasteiger partial charge in [0.2, 0.25) is 0 Å². The number of hydrogen-bond acceptors (Lipinski definition) is 3. The van der Waals surface area contributed by atoms with E-state index in [0.29, 0.717) is 12.1 Å². The predicted octanol–water partition coefficient (Wildman–Crippen LogP) is 3.84. The summed E-state index contributed by atoms with van der Waals surface area (Å²) in [6.45, 7) is 5.34. The van der Waals surface area contributed by atoms with Gasteiger partial charge < -0.3 is 10.2 Å². The highest BCUT2D eigenvalue weighted by Gasteiger charge is 2.11. The molecule has 0 atom stereocenters. The summed E-state index contributed by atoms with van der Waals surface area (Å²) in [7, 11) is 4.10. The average molecular weight is 347 g/mol. The van der Waals surface area contributed by atoms with E-state index in [1.54, 1.807) is 0 Å². The monoisotopic (exact) mass is 347 g/mol. The van der Waals surface area contributed by atoms with Crippen molar-refractivity contribution in [2.45, 2.75) is 26.9 Å². The topological polar surface area (TPSA) is 45.2 Å². The zero-order valence-corrected chi connectivity index (χ0v) is 15.8. The molecule has 4 heteroatoms. The van der Waals surface area contributed by atoms with Crippen LogP contribution in [0.2, 0.25) is 0 Å². The summed E-state index contributed by atoms with van der Waals surface area (Å²) in [4.78, 5) is 19.3. The van der Waals surface area contributed by atoms with Crippen LogP contribution >= 0.6 is 0 Å². The van der Waals surface area contributed by atoms with Crippen molar-refractivity contribution in [3.63, 3.8) is 0 Å². The largest absolute Gasteiger partial charge is 0.348 e. The number of nitrogens with one attached hydrogen (secondary N) is 1. The van der Waals surface area contributed by atoms with Crippen LogP contribution < -0.4 is 5.32 Å². The number of aryl methyl sites for hydroxylation is 2. The molecule has 0 radical (unpaired) electrons. The maximum absolute atomic E-state index is 12.6. The molecule has 0 saturated heterocycles. The molecule has 3 rings (SSSR count). The van der Waals surface area contributed by atoms with E-state index in [0.717, 1.165) is 34.3 Å². The average Bonchev–Trinajstić information content (AvgIpc) is 2.60. The van der Waals surface area contributed by atoms with Gasteiger partial charge in [0.05, 0.1) is 16.8 Å². The molecule has 4 nitrogen and oxygen atoms in total. The van der Waals surface area contributed by atoms with Crippen LogP contribution in [0.4, 0.5) is 0 Å². The molecular formula is C22H25N3O. The van der Waals surface area contributed by atoms with E-state index in [4.69, 9.17) is 0 Å². The van der Waals surface area contributed by atoms with Crippen molar-refractivity contribution in [1.29, 1.82) is 0 Å². The molecule has 1 N–H and O–H groups in total. The molecule has 1 aromatic heterocycles. The number of benzene rings is 2. The van der Waals surface area contributed by atoms with Crippen LogP contribution in [0.5, 0.6) is 0 Å². The lowest BCUT2D eigenvalue weighted by molar-refractivity contribution is 0.0950. The van der Waals surface area contributed by atoms with E-state index >= 15 is 0 Å². The second kappa shape index (κ2) is 7.67. The van der Waals surface area contributed by atoms with Gasteiger partial charge >= 0.3 is 0 Å². The van der Waals surface area contributed by atoms with Crippen LogP contribution in [0.15, 0.2) is 48.5 Å². The second-order valence-electron chi connectivity index (χ2n) is 7.05. The van der Waals surface area contributed by atoms with E-state index in [1.165, 1.54) is 5.56 Å². The third-order valence-corrected chi connectivity index (χ3v) is 4.38. The van der Waals surface area contributed by atoms with Crippen LogP contribution in [-0.4, -0.2) is 29.9 Å². The Balaban J connectivity index is 1.71. The lowest BCUT2D eigenvalue weighted by Crippen LogP contribution is -2.24. The maximum atomic E-state index is 12.6. The van der Waals surface area contributed by atoms with Crippen molar-refractivity contribution < 1.29 is 4.79 Å². The highest BCUT2D eigenvalue weighted by Crippen LogP contribution is 2.18. The first-order valence-electron chi connectivity index (χ1n) is 8.81. The lowest BCUT2D eigenvalue weighted by atomic mass is 10.1. The number of nitrogens with zero attached hydrogens (tertiary/aromatic N) is 2. The molecule has 0 aliphatic heterocycles. The first-order chi connectivity index (χ1) is 12.4. The number of carbonyl (C=O) groups excluding carboxylic acids is 1. The summed E-state index contributed by atoms with van der Waals surface area (Å²) in [6, 6.07) is 16.4. The molecule has 0 fully saturated rings. The summed E-state index contributed by atoms with van der Waals surface area (Å²) < 4.78 is 0. The minimum absolute atomic E-state index is 0.0872. The maximum Gasteiger partial charge on any atom is 0.253 e. The molecular weight excluding hydrogens is 322 g/mol. The van der Waals surface area contributed by atoms with Gasteiger partial charge in [-0.15, -0.1) is 0 Å². The molecule has 0 unspecified atom stereocenters. The summed E-state index contributed by atoms with van der Waals surface area (Å²) in [5.41, 5.74) is 5.80. The Hall–Kier alpha value is -2.72. The van der Waals surface area contributed by atoms with Crippen LogP contribution in [0.3, 0.4) is 0 Å². The Kier molecular flexibility index (Phi) is 5.33. The Morgan fingerprint density at radius 2 is 1.69 bits per heavy atom. The molecule has 3 aromatic rings. The molecule has 0 spiro atoms. The third-order valence-electron chi connectivity index (χ3n) is 4.38. The Labute approximate surface area is 154 Å². The van der Waals surface area contributed by atoms with Crippen molar-refractivity contribution >= 4 is 16.8 Å². The van der Waals surface area contributed by atoms with Gasteiger partial charge in [0.15, 0.2) is 0 Å². The van der Waals surface area contributed by atoms with Gasteiger partial charge in [0, 0.05) is 18.5 Å². The van der Waals surface area contributed by atoms with Gasteiger partial charge in [0.25, 0.3) is 5.91 Å². The van der Waals surface area contributed by atoms with Crippen LogP contribution in [-0.2, 0) is 13.1 Å². The first kappa shape index (κ1) is 18.1.